The third-order valence-corrected chi connectivity index (χ3v) is 7.11. The highest BCUT2D eigenvalue weighted by Gasteiger charge is 2.49. The first-order valence-electron chi connectivity index (χ1n) is 11.1. The highest BCUT2D eigenvalue weighted by molar-refractivity contribution is 5.94. The smallest absolute Gasteiger partial charge is 0.384 e. The maximum Gasteiger partial charge on any atom is 0.417 e. The largest absolute Gasteiger partial charge is 0.417 e. The van der Waals surface area contributed by atoms with Crippen molar-refractivity contribution in [3.8, 4) is 6.07 Å². The zero-order valence-corrected chi connectivity index (χ0v) is 18.7. The fourth-order valence-corrected chi connectivity index (χ4v) is 5.23. The molecule has 1 amide bonds. The number of rotatable bonds is 4. The van der Waals surface area contributed by atoms with Gasteiger partial charge in [-0.2, -0.15) is 18.4 Å². The molecule has 2 saturated heterocycles. The summed E-state index contributed by atoms with van der Waals surface area (Å²) in [6, 6.07) is 10.9. The number of anilines is 1. The first kappa shape index (κ1) is 24.0. The number of likely N-dealkylation sites (tertiary alicyclic amines) is 1. The van der Waals surface area contributed by atoms with Gasteiger partial charge in [0, 0.05) is 50.5 Å². The molecule has 1 atom stereocenters. The minimum absolute atomic E-state index is 0.0933. The molecule has 2 aromatic rings. The molecule has 0 aliphatic carbocycles. The Kier molecular flexibility index (Phi) is 6.54. The number of ether oxygens (including phenoxy) is 1. The van der Waals surface area contributed by atoms with Crippen molar-refractivity contribution < 1.29 is 27.1 Å². The lowest BCUT2D eigenvalue weighted by molar-refractivity contribution is -0.137. The standard InChI is InChI=1S/C25H25F4N3O2/c1-34-15-19-14-32(23(33)17-2-5-20(26)6-3-17)16-24(19)8-10-31(11-9-24)21-7-4-18(13-30)22(12-21)25(27,28)29/h2-7,12,19H,8-11,14-16H2,1H3. The average Bonchev–Trinajstić information content (AvgIpc) is 3.16. The average molecular weight is 475 g/mol. The topological polar surface area (TPSA) is 56.6 Å². The van der Waals surface area contributed by atoms with E-state index in [2.05, 4.69) is 0 Å². The molecule has 180 valence electrons. The number of hydrogen-bond donors (Lipinski definition) is 0. The van der Waals surface area contributed by atoms with Crippen molar-refractivity contribution in [1.29, 1.82) is 5.26 Å². The number of benzene rings is 2. The molecule has 0 radical (unpaired) electrons. The van der Waals surface area contributed by atoms with Crippen LogP contribution in [0.4, 0.5) is 23.2 Å². The molecule has 1 unspecified atom stereocenters. The number of halogens is 4. The number of amides is 1. The molecular formula is C25H25F4N3O2. The molecule has 34 heavy (non-hydrogen) atoms. The van der Waals surface area contributed by atoms with Crippen molar-refractivity contribution in [2.75, 3.05) is 44.8 Å². The van der Waals surface area contributed by atoms with Gasteiger partial charge in [-0.1, -0.05) is 0 Å². The van der Waals surface area contributed by atoms with E-state index in [1.807, 2.05) is 4.90 Å². The third kappa shape index (κ3) is 4.60. The summed E-state index contributed by atoms with van der Waals surface area (Å²) in [5, 5.41) is 9.04. The molecule has 4 rings (SSSR count). The SMILES string of the molecule is COCC1CN(C(=O)c2ccc(F)cc2)CC12CCN(c1ccc(C#N)c(C(F)(F)F)c1)CC2. The summed E-state index contributed by atoms with van der Waals surface area (Å²) < 4.78 is 58.9. The summed E-state index contributed by atoms with van der Waals surface area (Å²) in [5.74, 6) is -0.478. The minimum atomic E-state index is -4.60. The summed E-state index contributed by atoms with van der Waals surface area (Å²) >= 11 is 0. The second-order valence-electron chi connectivity index (χ2n) is 9.03. The van der Waals surface area contributed by atoms with Crippen molar-refractivity contribution in [2.45, 2.75) is 19.0 Å². The van der Waals surface area contributed by atoms with Crippen molar-refractivity contribution in [2.24, 2.45) is 11.3 Å². The van der Waals surface area contributed by atoms with Gasteiger partial charge in [0.25, 0.3) is 5.91 Å². The number of piperidine rings is 1. The Morgan fingerprint density at radius 1 is 1.18 bits per heavy atom. The number of methoxy groups -OCH3 is 1. The van der Waals surface area contributed by atoms with E-state index in [-0.39, 0.29) is 17.2 Å². The van der Waals surface area contributed by atoms with Crippen LogP contribution in [0, 0.1) is 28.5 Å². The number of nitriles is 1. The van der Waals surface area contributed by atoms with Crippen LogP contribution in [0.15, 0.2) is 42.5 Å². The highest BCUT2D eigenvalue weighted by atomic mass is 19.4. The fraction of sp³-hybridized carbons (Fsp3) is 0.440. The summed E-state index contributed by atoms with van der Waals surface area (Å²) in [7, 11) is 1.61. The van der Waals surface area contributed by atoms with E-state index < -0.39 is 23.1 Å². The lowest BCUT2D eigenvalue weighted by Gasteiger charge is -2.43. The van der Waals surface area contributed by atoms with Crippen LogP contribution in [0.1, 0.15) is 34.3 Å². The normalized spacial score (nSPS) is 19.9. The zero-order chi connectivity index (χ0) is 24.5. The third-order valence-electron chi connectivity index (χ3n) is 7.11. The minimum Gasteiger partial charge on any atom is -0.384 e. The predicted octanol–water partition coefficient (Wildman–Crippen LogP) is 4.72. The fourth-order valence-electron chi connectivity index (χ4n) is 5.23. The molecule has 0 bridgehead atoms. The second-order valence-corrected chi connectivity index (χ2v) is 9.03. The number of alkyl halides is 3. The molecule has 2 aliphatic heterocycles. The lowest BCUT2D eigenvalue weighted by Crippen LogP contribution is -2.45. The van der Waals surface area contributed by atoms with E-state index in [0.717, 1.165) is 6.07 Å². The first-order chi connectivity index (χ1) is 16.2. The van der Waals surface area contributed by atoms with Gasteiger partial charge in [-0.25, -0.2) is 4.39 Å². The van der Waals surface area contributed by atoms with Gasteiger partial charge in [-0.3, -0.25) is 4.79 Å². The second kappa shape index (κ2) is 9.26. The highest BCUT2D eigenvalue weighted by Crippen LogP contribution is 2.46. The van der Waals surface area contributed by atoms with Crippen LogP contribution < -0.4 is 4.90 Å². The van der Waals surface area contributed by atoms with Crippen molar-refractivity contribution in [3.05, 3.63) is 65.0 Å². The first-order valence-corrected chi connectivity index (χ1v) is 11.1. The van der Waals surface area contributed by atoms with E-state index in [1.165, 1.54) is 30.3 Å². The molecule has 2 fully saturated rings. The van der Waals surface area contributed by atoms with Crippen molar-refractivity contribution in [3.63, 3.8) is 0 Å². The Bertz CT molecular complexity index is 1090. The summed E-state index contributed by atoms with van der Waals surface area (Å²) in [4.78, 5) is 16.7. The van der Waals surface area contributed by atoms with Crippen molar-refractivity contribution >= 4 is 11.6 Å². The monoisotopic (exact) mass is 475 g/mol. The van der Waals surface area contributed by atoms with E-state index in [4.69, 9.17) is 10.00 Å². The van der Waals surface area contributed by atoms with Crippen LogP contribution in [-0.2, 0) is 10.9 Å². The maximum absolute atomic E-state index is 13.4. The zero-order valence-electron chi connectivity index (χ0n) is 18.7. The molecule has 5 nitrogen and oxygen atoms in total. The van der Waals surface area contributed by atoms with E-state index >= 15 is 0 Å². The Morgan fingerprint density at radius 3 is 2.44 bits per heavy atom. The van der Waals surface area contributed by atoms with E-state index in [9.17, 15) is 22.4 Å². The molecule has 1 spiro atoms. The number of carbonyl (C=O) groups is 1. The number of carbonyl (C=O) groups excluding carboxylic acids is 1. The summed E-state index contributed by atoms with van der Waals surface area (Å²) in [5.41, 5.74) is -0.676. The Balaban J connectivity index is 1.51. The van der Waals surface area contributed by atoms with E-state index in [1.54, 1.807) is 24.1 Å². The molecule has 2 aliphatic rings. The van der Waals surface area contributed by atoms with Crippen LogP contribution in [0.3, 0.4) is 0 Å². The van der Waals surface area contributed by atoms with Crippen LogP contribution in [0.25, 0.3) is 0 Å². The number of hydrogen-bond acceptors (Lipinski definition) is 4. The van der Waals surface area contributed by atoms with Gasteiger partial charge in [0.1, 0.15) is 5.82 Å². The van der Waals surface area contributed by atoms with Gasteiger partial charge in [-0.15, -0.1) is 0 Å². The van der Waals surface area contributed by atoms with Gasteiger partial charge in [-0.05, 0) is 60.7 Å². The molecule has 0 saturated carbocycles. The van der Waals surface area contributed by atoms with Crippen LogP contribution >= 0.6 is 0 Å². The molecule has 0 aromatic heterocycles. The van der Waals surface area contributed by atoms with Crippen LogP contribution in [0.5, 0.6) is 0 Å². The Hall–Kier alpha value is -3.12. The molecule has 0 N–H and O–H groups in total. The molecular weight excluding hydrogens is 450 g/mol. The molecule has 2 heterocycles. The Labute approximate surface area is 195 Å². The van der Waals surface area contributed by atoms with E-state index in [0.29, 0.717) is 56.9 Å². The van der Waals surface area contributed by atoms with Crippen LogP contribution in [0.2, 0.25) is 0 Å². The quantitative estimate of drug-likeness (QED) is 0.601. The number of nitrogens with zero attached hydrogens (tertiary/aromatic N) is 3. The van der Waals surface area contributed by atoms with Crippen LogP contribution in [-0.4, -0.2) is 50.7 Å². The Morgan fingerprint density at radius 2 is 1.85 bits per heavy atom. The van der Waals surface area contributed by atoms with Gasteiger partial charge in [0.05, 0.1) is 23.8 Å². The van der Waals surface area contributed by atoms with Crippen molar-refractivity contribution in [1.82, 2.24) is 4.90 Å². The predicted molar refractivity (Wildman–Crippen MR) is 118 cm³/mol. The van der Waals surface area contributed by atoms with Gasteiger partial charge in [0.15, 0.2) is 0 Å². The van der Waals surface area contributed by atoms with Gasteiger partial charge in [0.2, 0.25) is 0 Å². The maximum atomic E-state index is 13.4. The summed E-state index contributed by atoms with van der Waals surface area (Å²) in [6.07, 6.45) is -3.22. The summed E-state index contributed by atoms with van der Waals surface area (Å²) in [6.45, 7) is 2.57. The molecule has 2 aromatic carbocycles. The van der Waals surface area contributed by atoms with Gasteiger partial charge < -0.3 is 14.5 Å². The van der Waals surface area contributed by atoms with Gasteiger partial charge >= 0.3 is 6.18 Å². The lowest BCUT2D eigenvalue weighted by atomic mass is 9.71. The molecule has 9 heteroatoms.